The van der Waals surface area contributed by atoms with Crippen LogP contribution in [-0.4, -0.2) is 39.8 Å². The first-order chi connectivity index (χ1) is 12.5. The summed E-state index contributed by atoms with van der Waals surface area (Å²) < 4.78 is 0. The van der Waals surface area contributed by atoms with Crippen molar-refractivity contribution < 1.29 is 0 Å². The van der Waals surface area contributed by atoms with E-state index in [1.807, 2.05) is 18.2 Å². The Morgan fingerprint density at radius 2 is 1.85 bits per heavy atom. The molecule has 0 unspecified atom stereocenters. The molecule has 0 aliphatic carbocycles. The van der Waals surface area contributed by atoms with Crippen LogP contribution in [0.5, 0.6) is 0 Å². The molecule has 1 fully saturated rings. The van der Waals surface area contributed by atoms with Crippen molar-refractivity contribution >= 4 is 22.5 Å². The number of nitrogens with zero attached hydrogens (tertiary/aromatic N) is 5. The van der Waals surface area contributed by atoms with Crippen LogP contribution in [0.15, 0.2) is 42.7 Å². The van der Waals surface area contributed by atoms with Gasteiger partial charge in [-0.15, -0.1) is 5.10 Å². The Morgan fingerprint density at radius 3 is 2.58 bits per heavy atom. The maximum atomic E-state index is 4.40. The molecule has 1 aliphatic rings. The van der Waals surface area contributed by atoms with Crippen molar-refractivity contribution in [1.29, 1.82) is 0 Å². The summed E-state index contributed by atoms with van der Waals surface area (Å²) in [4.78, 5) is 11.0. The lowest BCUT2D eigenvalue weighted by Gasteiger charge is -2.40. The molecule has 26 heavy (non-hydrogen) atoms. The monoisotopic (exact) mass is 348 g/mol. The molecule has 1 aromatic carbocycles. The normalized spacial score (nSPS) is 15.1. The van der Waals surface area contributed by atoms with Gasteiger partial charge in [0, 0.05) is 36.4 Å². The third-order valence-corrected chi connectivity index (χ3v) is 4.80. The lowest BCUT2D eigenvalue weighted by atomic mass is 9.92. The van der Waals surface area contributed by atoms with Gasteiger partial charge >= 0.3 is 0 Å². The number of hydrogen-bond donors (Lipinski definition) is 1. The number of aromatic nitrogens is 4. The van der Waals surface area contributed by atoms with E-state index in [0.29, 0.717) is 5.92 Å². The summed E-state index contributed by atoms with van der Waals surface area (Å²) in [5.74, 6) is 2.44. The van der Waals surface area contributed by atoms with E-state index in [4.69, 9.17) is 0 Å². The fourth-order valence-corrected chi connectivity index (χ4v) is 3.17. The maximum Gasteiger partial charge on any atom is 0.151 e. The van der Waals surface area contributed by atoms with E-state index in [0.717, 1.165) is 47.9 Å². The number of para-hydroxylation sites is 1. The fourth-order valence-electron chi connectivity index (χ4n) is 3.17. The molecule has 2 aromatic heterocycles. The molecule has 1 N–H and O–H groups in total. The summed E-state index contributed by atoms with van der Waals surface area (Å²) in [6.45, 7) is 9.32. The van der Waals surface area contributed by atoms with Crippen molar-refractivity contribution in [2.75, 3.05) is 29.9 Å². The first-order valence-corrected chi connectivity index (χ1v) is 9.03. The van der Waals surface area contributed by atoms with Gasteiger partial charge in [-0.3, -0.25) is 0 Å². The Balaban J connectivity index is 1.34. The van der Waals surface area contributed by atoms with E-state index in [1.54, 1.807) is 6.33 Å². The highest BCUT2D eigenvalue weighted by Gasteiger charge is 2.28. The van der Waals surface area contributed by atoms with Gasteiger partial charge in [0.05, 0.1) is 11.2 Å². The molecule has 0 atom stereocenters. The topological polar surface area (TPSA) is 66.8 Å². The van der Waals surface area contributed by atoms with E-state index in [9.17, 15) is 0 Å². The third-order valence-electron chi connectivity index (χ3n) is 4.80. The van der Waals surface area contributed by atoms with Crippen molar-refractivity contribution in [3.63, 3.8) is 0 Å². The fraction of sp³-hybridized carbons (Fsp3) is 0.400. The Kier molecular flexibility index (Phi) is 4.18. The predicted octanol–water partition coefficient (Wildman–Crippen LogP) is 3.27. The van der Waals surface area contributed by atoms with Crippen molar-refractivity contribution in [3.8, 4) is 0 Å². The predicted molar refractivity (Wildman–Crippen MR) is 104 cm³/mol. The molecule has 4 rings (SSSR count). The zero-order valence-corrected chi connectivity index (χ0v) is 15.5. The van der Waals surface area contributed by atoms with Crippen molar-refractivity contribution in [2.45, 2.75) is 26.2 Å². The first kappa shape index (κ1) is 16.7. The van der Waals surface area contributed by atoms with E-state index in [1.165, 1.54) is 0 Å². The van der Waals surface area contributed by atoms with Crippen LogP contribution in [0.2, 0.25) is 0 Å². The van der Waals surface area contributed by atoms with Gasteiger partial charge in [0.15, 0.2) is 5.82 Å². The molecular formula is C20H24N6. The SMILES string of the molecule is CC(C)(C)c1ccc(N2CC(CNc3ncnc4ccccc34)C2)nn1. The molecular weight excluding hydrogens is 324 g/mol. The Morgan fingerprint density at radius 1 is 1.04 bits per heavy atom. The molecule has 134 valence electrons. The first-order valence-electron chi connectivity index (χ1n) is 9.03. The molecule has 1 aliphatic heterocycles. The van der Waals surface area contributed by atoms with Crippen LogP contribution in [0, 0.1) is 5.92 Å². The van der Waals surface area contributed by atoms with Crippen LogP contribution in [0.25, 0.3) is 10.9 Å². The van der Waals surface area contributed by atoms with Crippen molar-refractivity contribution in [2.24, 2.45) is 5.92 Å². The van der Waals surface area contributed by atoms with Gasteiger partial charge in [0.1, 0.15) is 12.1 Å². The van der Waals surface area contributed by atoms with Gasteiger partial charge in [-0.2, -0.15) is 5.10 Å². The number of benzene rings is 1. The molecule has 3 heterocycles. The average Bonchev–Trinajstić information content (AvgIpc) is 2.60. The standard InChI is InChI=1S/C20H24N6/c1-20(2,3)17-8-9-18(25-24-17)26-11-14(12-26)10-21-19-15-6-4-5-7-16(15)22-13-23-19/h4-9,13-14H,10-12H2,1-3H3,(H,21,22,23). The van der Waals surface area contributed by atoms with Crippen LogP contribution < -0.4 is 10.2 Å². The summed E-state index contributed by atoms with van der Waals surface area (Å²) >= 11 is 0. The van der Waals surface area contributed by atoms with E-state index < -0.39 is 0 Å². The number of fused-ring (bicyclic) bond motifs is 1. The number of anilines is 2. The molecule has 1 saturated heterocycles. The van der Waals surface area contributed by atoms with Crippen molar-refractivity contribution in [1.82, 2.24) is 20.2 Å². The molecule has 0 saturated carbocycles. The summed E-state index contributed by atoms with van der Waals surface area (Å²) in [5, 5.41) is 13.3. The second-order valence-corrected chi connectivity index (χ2v) is 7.92. The molecule has 0 bridgehead atoms. The van der Waals surface area contributed by atoms with E-state index >= 15 is 0 Å². The largest absolute Gasteiger partial charge is 0.369 e. The number of nitrogens with one attached hydrogen (secondary N) is 1. The highest BCUT2D eigenvalue weighted by molar-refractivity contribution is 5.88. The van der Waals surface area contributed by atoms with E-state index in [2.05, 4.69) is 69.4 Å². The zero-order chi connectivity index (χ0) is 18.1. The molecule has 0 spiro atoms. The second kappa shape index (κ2) is 6.52. The Bertz CT molecular complexity index is 889. The molecule has 3 aromatic rings. The van der Waals surface area contributed by atoms with Gasteiger partial charge in [-0.1, -0.05) is 32.9 Å². The highest BCUT2D eigenvalue weighted by Crippen LogP contribution is 2.26. The summed E-state index contributed by atoms with van der Waals surface area (Å²) in [7, 11) is 0. The highest BCUT2D eigenvalue weighted by atomic mass is 15.3. The van der Waals surface area contributed by atoms with Crippen LogP contribution in [-0.2, 0) is 5.41 Å². The van der Waals surface area contributed by atoms with E-state index in [-0.39, 0.29) is 5.41 Å². The number of rotatable bonds is 4. The van der Waals surface area contributed by atoms with Gasteiger partial charge in [-0.05, 0) is 24.3 Å². The second-order valence-electron chi connectivity index (χ2n) is 7.92. The summed E-state index contributed by atoms with van der Waals surface area (Å²) in [6, 6.07) is 12.2. The quantitative estimate of drug-likeness (QED) is 0.780. The molecule has 0 amide bonds. The third kappa shape index (κ3) is 3.31. The van der Waals surface area contributed by atoms with Gasteiger partial charge in [0.2, 0.25) is 0 Å². The number of hydrogen-bond acceptors (Lipinski definition) is 6. The van der Waals surface area contributed by atoms with Crippen LogP contribution in [0.3, 0.4) is 0 Å². The zero-order valence-electron chi connectivity index (χ0n) is 15.5. The lowest BCUT2D eigenvalue weighted by Crippen LogP contribution is -2.50. The Hall–Kier alpha value is -2.76. The minimum Gasteiger partial charge on any atom is -0.369 e. The summed E-state index contributed by atoms with van der Waals surface area (Å²) in [5.41, 5.74) is 2.03. The van der Waals surface area contributed by atoms with Crippen LogP contribution in [0.4, 0.5) is 11.6 Å². The minimum atomic E-state index is 0.0350. The molecule has 6 nitrogen and oxygen atoms in total. The van der Waals surface area contributed by atoms with Crippen LogP contribution >= 0.6 is 0 Å². The van der Waals surface area contributed by atoms with Gasteiger partial charge < -0.3 is 10.2 Å². The van der Waals surface area contributed by atoms with Crippen LogP contribution in [0.1, 0.15) is 26.5 Å². The van der Waals surface area contributed by atoms with Gasteiger partial charge in [-0.25, -0.2) is 9.97 Å². The van der Waals surface area contributed by atoms with Crippen molar-refractivity contribution in [3.05, 3.63) is 48.4 Å². The van der Waals surface area contributed by atoms with Gasteiger partial charge in [0.25, 0.3) is 0 Å². The molecule has 0 radical (unpaired) electrons. The minimum absolute atomic E-state index is 0.0350. The molecule has 6 heteroatoms. The average molecular weight is 348 g/mol. The Labute approximate surface area is 153 Å². The smallest absolute Gasteiger partial charge is 0.151 e. The maximum absolute atomic E-state index is 4.40. The summed E-state index contributed by atoms with van der Waals surface area (Å²) in [6.07, 6.45) is 1.62. The lowest BCUT2D eigenvalue weighted by molar-refractivity contribution is 0.424.